The SMILES string of the molecule is CCO[C@@H]1C[C@@H](COP(OCCC#N)N(C(C)C)C(C)C)O[C@H]1n1cnc2c(NC(=O)c3ccccc3)ncnc21. The number of hydrogen-bond acceptors (Lipinski definition) is 10. The monoisotopic (exact) mass is 583 g/mol. The molecular formula is C28H38N7O5P. The maximum atomic E-state index is 12.8. The summed E-state index contributed by atoms with van der Waals surface area (Å²) in [6, 6.07) is 11.4. The first-order chi connectivity index (χ1) is 19.8. The number of fused-ring (bicyclic) bond motifs is 1. The van der Waals surface area contributed by atoms with E-state index in [0.29, 0.717) is 55.2 Å². The van der Waals surface area contributed by atoms with Crippen LogP contribution in [0.2, 0.25) is 0 Å². The van der Waals surface area contributed by atoms with E-state index in [2.05, 4.69) is 58.7 Å². The Labute approximate surface area is 241 Å². The molecule has 0 aliphatic carbocycles. The number of benzene rings is 1. The fourth-order valence-electron chi connectivity index (χ4n) is 4.79. The van der Waals surface area contributed by atoms with Crippen LogP contribution in [0.25, 0.3) is 11.2 Å². The Kier molecular flexibility index (Phi) is 11.1. The standard InChI is InChI=1S/C28H38N7O5P/c1-6-37-23-15-22(16-39-41(38-14-10-13-29)35(19(2)3)20(4)5)40-28(23)34-18-32-24-25(30-17-31-26(24)34)33-27(36)21-11-8-7-9-12-21/h7-9,11-12,17-20,22-23,28H,6,10,14-16H2,1-5H3,(H,30,31,33,36)/t22-,23+,28+,41?/m0/s1. The zero-order chi connectivity index (χ0) is 29.4. The van der Waals surface area contributed by atoms with Gasteiger partial charge in [-0.05, 0) is 46.8 Å². The minimum atomic E-state index is -1.39. The van der Waals surface area contributed by atoms with E-state index in [1.54, 1.807) is 30.6 Å². The van der Waals surface area contributed by atoms with Gasteiger partial charge in [-0.3, -0.25) is 9.36 Å². The van der Waals surface area contributed by atoms with Gasteiger partial charge in [0.15, 0.2) is 23.2 Å². The molecule has 1 aliphatic heterocycles. The number of ether oxygens (including phenoxy) is 2. The Hall–Kier alpha value is -3.04. The van der Waals surface area contributed by atoms with Gasteiger partial charge >= 0.3 is 0 Å². The van der Waals surface area contributed by atoms with Crippen LogP contribution in [0.15, 0.2) is 43.0 Å². The number of amides is 1. The minimum Gasteiger partial charge on any atom is -0.374 e. The number of nitrogens with one attached hydrogen (secondary N) is 1. The van der Waals surface area contributed by atoms with Crippen LogP contribution >= 0.6 is 8.53 Å². The van der Waals surface area contributed by atoms with Gasteiger partial charge in [0.05, 0.1) is 38.1 Å². The van der Waals surface area contributed by atoms with Crippen molar-refractivity contribution in [3.63, 3.8) is 0 Å². The van der Waals surface area contributed by atoms with Crippen LogP contribution in [-0.4, -0.2) is 74.2 Å². The first-order valence-electron chi connectivity index (χ1n) is 13.9. The predicted octanol–water partition coefficient (Wildman–Crippen LogP) is 5.06. The van der Waals surface area contributed by atoms with E-state index in [0.717, 1.165) is 0 Å². The average Bonchev–Trinajstić information content (AvgIpc) is 3.56. The highest BCUT2D eigenvalue weighted by Gasteiger charge is 2.39. The number of hydrogen-bond donors (Lipinski definition) is 1. The number of anilines is 1. The average molecular weight is 584 g/mol. The molecule has 1 N–H and O–H groups in total. The number of aromatic nitrogens is 4. The molecular weight excluding hydrogens is 545 g/mol. The summed E-state index contributed by atoms with van der Waals surface area (Å²) in [6.07, 6.45) is 2.90. The number of imidazole rings is 1. The summed E-state index contributed by atoms with van der Waals surface area (Å²) in [5, 5.41) is 11.8. The molecule has 0 saturated carbocycles. The van der Waals surface area contributed by atoms with Crippen molar-refractivity contribution in [3.8, 4) is 6.07 Å². The Morgan fingerprint density at radius 1 is 1.20 bits per heavy atom. The van der Waals surface area contributed by atoms with Crippen LogP contribution in [0.4, 0.5) is 5.82 Å². The molecule has 1 saturated heterocycles. The van der Waals surface area contributed by atoms with Crippen LogP contribution in [-0.2, 0) is 18.5 Å². The fourth-order valence-corrected chi connectivity index (χ4v) is 6.43. The normalized spacial score (nSPS) is 19.7. The van der Waals surface area contributed by atoms with Crippen molar-refractivity contribution in [3.05, 3.63) is 48.5 Å². The highest BCUT2D eigenvalue weighted by atomic mass is 31.2. The van der Waals surface area contributed by atoms with Crippen molar-refractivity contribution < 1.29 is 23.3 Å². The van der Waals surface area contributed by atoms with Gasteiger partial charge in [-0.15, -0.1) is 0 Å². The van der Waals surface area contributed by atoms with E-state index in [1.165, 1.54) is 6.33 Å². The number of nitriles is 1. The minimum absolute atomic E-state index is 0.199. The third kappa shape index (κ3) is 7.63. The molecule has 4 rings (SSSR count). The summed E-state index contributed by atoms with van der Waals surface area (Å²) in [5.41, 5.74) is 1.49. The molecule has 0 spiro atoms. The topological polar surface area (TPSA) is 137 Å². The highest BCUT2D eigenvalue weighted by Crippen LogP contribution is 2.47. The number of nitrogens with zero attached hydrogens (tertiary/aromatic N) is 6. The molecule has 3 heterocycles. The smallest absolute Gasteiger partial charge is 0.259 e. The second-order valence-electron chi connectivity index (χ2n) is 10.1. The van der Waals surface area contributed by atoms with Gasteiger partial charge < -0.3 is 23.8 Å². The lowest BCUT2D eigenvalue weighted by Crippen LogP contribution is -2.34. The summed E-state index contributed by atoms with van der Waals surface area (Å²) in [4.78, 5) is 26.0. The first-order valence-corrected chi connectivity index (χ1v) is 15.0. The molecule has 4 atom stereocenters. The lowest BCUT2D eigenvalue weighted by Gasteiger charge is -2.35. The van der Waals surface area contributed by atoms with Gasteiger partial charge in [0, 0.05) is 30.7 Å². The van der Waals surface area contributed by atoms with E-state index in [-0.39, 0.29) is 30.2 Å². The van der Waals surface area contributed by atoms with Crippen molar-refractivity contribution in [2.75, 3.05) is 25.1 Å². The van der Waals surface area contributed by atoms with E-state index in [4.69, 9.17) is 23.8 Å². The molecule has 1 aromatic carbocycles. The Bertz CT molecular complexity index is 1310. The van der Waals surface area contributed by atoms with Crippen LogP contribution in [0.1, 0.15) is 64.0 Å². The van der Waals surface area contributed by atoms with Gasteiger partial charge in [0.2, 0.25) is 0 Å². The van der Waals surface area contributed by atoms with Crippen LogP contribution in [0.3, 0.4) is 0 Å². The predicted molar refractivity (Wildman–Crippen MR) is 155 cm³/mol. The maximum Gasteiger partial charge on any atom is 0.259 e. The second kappa shape index (κ2) is 14.7. The van der Waals surface area contributed by atoms with Crippen LogP contribution in [0, 0.1) is 11.3 Å². The molecule has 2 aromatic heterocycles. The maximum absolute atomic E-state index is 12.8. The lowest BCUT2D eigenvalue weighted by molar-refractivity contribution is -0.0655. The number of rotatable bonds is 14. The van der Waals surface area contributed by atoms with Crippen LogP contribution < -0.4 is 5.32 Å². The van der Waals surface area contributed by atoms with Crippen molar-refractivity contribution in [1.29, 1.82) is 5.26 Å². The fraction of sp³-hybridized carbons (Fsp3) is 0.536. The summed E-state index contributed by atoms with van der Waals surface area (Å²) >= 11 is 0. The number of carbonyl (C=O) groups is 1. The Balaban J connectivity index is 1.50. The molecule has 1 aliphatic rings. The third-order valence-corrected chi connectivity index (χ3v) is 8.53. The van der Waals surface area contributed by atoms with Gasteiger partial charge in [-0.25, -0.2) is 19.6 Å². The molecule has 3 aromatic rings. The Morgan fingerprint density at radius 3 is 2.63 bits per heavy atom. The van der Waals surface area contributed by atoms with Gasteiger partial charge in [-0.1, -0.05) is 18.2 Å². The largest absolute Gasteiger partial charge is 0.374 e. The molecule has 1 amide bonds. The van der Waals surface area contributed by atoms with Crippen molar-refractivity contribution >= 4 is 31.4 Å². The van der Waals surface area contributed by atoms with E-state index in [9.17, 15) is 4.79 Å². The quantitative estimate of drug-likeness (QED) is 0.202. The highest BCUT2D eigenvalue weighted by molar-refractivity contribution is 7.44. The van der Waals surface area contributed by atoms with Gasteiger partial charge in [0.1, 0.15) is 12.4 Å². The van der Waals surface area contributed by atoms with Crippen molar-refractivity contribution in [1.82, 2.24) is 24.2 Å². The van der Waals surface area contributed by atoms with E-state index in [1.807, 2.05) is 17.6 Å². The summed E-state index contributed by atoms with van der Waals surface area (Å²) in [6.45, 7) is 11.5. The molecule has 41 heavy (non-hydrogen) atoms. The lowest BCUT2D eigenvalue weighted by atomic mass is 10.2. The molecule has 220 valence electrons. The molecule has 1 fully saturated rings. The summed E-state index contributed by atoms with van der Waals surface area (Å²) in [5.74, 6) is 0.0306. The van der Waals surface area contributed by atoms with E-state index >= 15 is 0 Å². The van der Waals surface area contributed by atoms with Gasteiger partial charge in [0.25, 0.3) is 14.4 Å². The second-order valence-corrected chi connectivity index (χ2v) is 11.5. The van der Waals surface area contributed by atoms with Crippen molar-refractivity contribution in [2.45, 2.75) is 78.0 Å². The Morgan fingerprint density at radius 2 is 1.95 bits per heavy atom. The molecule has 12 nitrogen and oxygen atoms in total. The third-order valence-electron chi connectivity index (χ3n) is 6.46. The molecule has 0 bridgehead atoms. The summed E-state index contributed by atoms with van der Waals surface area (Å²) in [7, 11) is -1.39. The van der Waals surface area contributed by atoms with E-state index < -0.39 is 14.8 Å². The van der Waals surface area contributed by atoms with Gasteiger partial charge in [-0.2, -0.15) is 5.26 Å². The molecule has 1 unspecified atom stereocenters. The van der Waals surface area contributed by atoms with Crippen molar-refractivity contribution in [2.24, 2.45) is 0 Å². The first kappa shape index (κ1) is 30.9. The number of carbonyl (C=O) groups excluding carboxylic acids is 1. The zero-order valence-corrected chi connectivity index (χ0v) is 25.0. The zero-order valence-electron chi connectivity index (χ0n) is 24.1. The molecule has 0 radical (unpaired) electrons. The molecule has 13 heteroatoms. The summed E-state index contributed by atoms with van der Waals surface area (Å²) < 4.78 is 28.9. The van der Waals surface area contributed by atoms with Crippen LogP contribution in [0.5, 0.6) is 0 Å².